The number of urea groups is 1. The van der Waals surface area contributed by atoms with Crippen molar-refractivity contribution >= 4 is 23.1 Å². The molecule has 1 aromatic heterocycles. The van der Waals surface area contributed by atoms with Gasteiger partial charge in [0.15, 0.2) is 0 Å². The molecule has 2 amide bonds. The van der Waals surface area contributed by atoms with Gasteiger partial charge in [0.25, 0.3) is 0 Å². The summed E-state index contributed by atoms with van der Waals surface area (Å²) >= 11 is 1.70. The zero-order chi connectivity index (χ0) is 19.3. The molecule has 144 valence electrons. The van der Waals surface area contributed by atoms with E-state index in [-0.39, 0.29) is 6.03 Å². The second-order valence-electron chi connectivity index (χ2n) is 7.05. The molecule has 1 aliphatic rings. The minimum atomic E-state index is -0.0240. The fraction of sp³-hybridized carbons (Fsp3) is 0.273. The molecule has 1 saturated heterocycles. The summed E-state index contributed by atoms with van der Waals surface area (Å²) in [4.78, 5) is 21.5. The highest BCUT2D eigenvalue weighted by Gasteiger charge is 2.22. The van der Waals surface area contributed by atoms with E-state index in [9.17, 15) is 4.79 Å². The van der Waals surface area contributed by atoms with Crippen LogP contribution in [0.1, 0.15) is 10.6 Å². The van der Waals surface area contributed by atoms with Gasteiger partial charge in [-0.2, -0.15) is 0 Å². The lowest BCUT2D eigenvalue weighted by Gasteiger charge is -2.34. The van der Waals surface area contributed by atoms with Gasteiger partial charge in [0, 0.05) is 42.8 Å². The molecule has 1 aliphatic heterocycles. The number of benzene rings is 2. The van der Waals surface area contributed by atoms with Gasteiger partial charge in [0.05, 0.1) is 12.2 Å². The Morgan fingerprint density at radius 2 is 1.75 bits per heavy atom. The lowest BCUT2D eigenvalue weighted by Crippen LogP contribution is -2.49. The highest BCUT2D eigenvalue weighted by molar-refractivity contribution is 7.09. The van der Waals surface area contributed by atoms with Crippen LogP contribution in [0.2, 0.25) is 0 Å². The van der Waals surface area contributed by atoms with Crippen molar-refractivity contribution in [1.82, 2.24) is 14.8 Å². The maximum atomic E-state index is 12.5. The van der Waals surface area contributed by atoms with Gasteiger partial charge >= 0.3 is 6.03 Å². The number of hydrogen-bond donors (Lipinski definition) is 1. The van der Waals surface area contributed by atoms with Gasteiger partial charge in [0.1, 0.15) is 5.01 Å². The van der Waals surface area contributed by atoms with Gasteiger partial charge in [-0.25, -0.2) is 9.78 Å². The lowest BCUT2D eigenvalue weighted by molar-refractivity contribution is 0.143. The van der Waals surface area contributed by atoms with E-state index >= 15 is 0 Å². The fourth-order valence-electron chi connectivity index (χ4n) is 3.26. The predicted octanol–water partition coefficient (Wildman–Crippen LogP) is 4.47. The summed E-state index contributed by atoms with van der Waals surface area (Å²) < 4.78 is 0. The van der Waals surface area contributed by atoms with Crippen LogP contribution in [0.15, 0.2) is 60.0 Å². The van der Waals surface area contributed by atoms with Gasteiger partial charge in [-0.1, -0.05) is 48.0 Å². The number of hydrogen-bond acceptors (Lipinski definition) is 4. The molecular formula is C22H24N4OS. The van der Waals surface area contributed by atoms with Crippen LogP contribution in [0.25, 0.3) is 11.3 Å². The Kier molecular flexibility index (Phi) is 5.69. The molecule has 0 radical (unpaired) electrons. The summed E-state index contributed by atoms with van der Waals surface area (Å²) in [5.74, 6) is 0. The Balaban J connectivity index is 1.28. The Labute approximate surface area is 169 Å². The van der Waals surface area contributed by atoms with Crippen molar-refractivity contribution in [3.8, 4) is 11.3 Å². The molecule has 5 nitrogen and oxygen atoms in total. The van der Waals surface area contributed by atoms with E-state index in [2.05, 4.69) is 27.7 Å². The fourth-order valence-corrected chi connectivity index (χ4v) is 4.11. The van der Waals surface area contributed by atoms with E-state index in [4.69, 9.17) is 4.98 Å². The van der Waals surface area contributed by atoms with Crippen molar-refractivity contribution in [3.63, 3.8) is 0 Å². The molecule has 0 saturated carbocycles. The van der Waals surface area contributed by atoms with Crippen molar-refractivity contribution in [1.29, 1.82) is 0 Å². The first-order chi connectivity index (χ1) is 13.7. The van der Waals surface area contributed by atoms with Gasteiger partial charge in [-0.05, 0) is 19.1 Å². The number of thiazole rings is 1. The third-order valence-corrected chi connectivity index (χ3v) is 5.78. The summed E-state index contributed by atoms with van der Waals surface area (Å²) in [6.45, 7) is 6.06. The highest BCUT2D eigenvalue weighted by Crippen LogP contribution is 2.22. The molecule has 2 heterocycles. The number of carbonyl (C=O) groups excluding carboxylic acids is 1. The van der Waals surface area contributed by atoms with Crippen molar-refractivity contribution in [2.45, 2.75) is 13.5 Å². The number of aromatic nitrogens is 1. The van der Waals surface area contributed by atoms with Crippen LogP contribution in [0.3, 0.4) is 0 Å². The second-order valence-corrected chi connectivity index (χ2v) is 7.99. The molecule has 1 fully saturated rings. The third-order valence-electron chi connectivity index (χ3n) is 4.94. The minimum absolute atomic E-state index is 0.0240. The normalized spacial score (nSPS) is 14.8. The number of nitrogens with zero attached hydrogens (tertiary/aromatic N) is 3. The van der Waals surface area contributed by atoms with Gasteiger partial charge < -0.3 is 10.2 Å². The van der Waals surface area contributed by atoms with E-state index in [0.717, 1.165) is 54.7 Å². The first kappa shape index (κ1) is 18.7. The topological polar surface area (TPSA) is 48.5 Å². The van der Waals surface area contributed by atoms with E-state index in [1.807, 2.05) is 54.3 Å². The standard InChI is InChI=1S/C22H24N4OS/c1-17-7-9-19(10-8-17)23-22(27)26-13-11-25(12-14-26)15-21-24-20(16-28-21)18-5-3-2-4-6-18/h2-10,16H,11-15H2,1H3,(H,23,27). The quantitative estimate of drug-likeness (QED) is 0.713. The molecule has 2 aromatic carbocycles. The maximum Gasteiger partial charge on any atom is 0.321 e. The number of piperazine rings is 1. The second kappa shape index (κ2) is 8.54. The number of amides is 2. The molecule has 0 bridgehead atoms. The molecule has 1 N–H and O–H groups in total. The first-order valence-corrected chi connectivity index (χ1v) is 10.4. The van der Waals surface area contributed by atoms with Crippen molar-refractivity contribution in [2.75, 3.05) is 31.5 Å². The maximum absolute atomic E-state index is 12.5. The molecule has 0 atom stereocenters. The van der Waals surface area contributed by atoms with Gasteiger partial charge in [0.2, 0.25) is 0 Å². The van der Waals surface area contributed by atoms with Crippen molar-refractivity contribution in [3.05, 3.63) is 70.5 Å². The zero-order valence-electron chi connectivity index (χ0n) is 16.0. The Morgan fingerprint density at radius 3 is 2.46 bits per heavy atom. The first-order valence-electron chi connectivity index (χ1n) is 9.52. The highest BCUT2D eigenvalue weighted by atomic mass is 32.1. The molecule has 0 spiro atoms. The summed E-state index contributed by atoms with van der Waals surface area (Å²) in [5, 5.41) is 6.23. The monoisotopic (exact) mass is 392 g/mol. The average Bonchev–Trinajstić information content (AvgIpc) is 3.19. The Hall–Kier alpha value is -2.70. The molecule has 0 aliphatic carbocycles. The Morgan fingerprint density at radius 1 is 1.04 bits per heavy atom. The number of anilines is 1. The summed E-state index contributed by atoms with van der Waals surface area (Å²) in [6.07, 6.45) is 0. The molecule has 28 heavy (non-hydrogen) atoms. The molecular weight excluding hydrogens is 368 g/mol. The van der Waals surface area contributed by atoms with Gasteiger partial charge in [-0.3, -0.25) is 4.90 Å². The predicted molar refractivity (Wildman–Crippen MR) is 115 cm³/mol. The largest absolute Gasteiger partial charge is 0.322 e. The van der Waals surface area contributed by atoms with Crippen LogP contribution in [0.4, 0.5) is 10.5 Å². The van der Waals surface area contributed by atoms with Crippen LogP contribution < -0.4 is 5.32 Å². The summed E-state index contributed by atoms with van der Waals surface area (Å²) in [7, 11) is 0. The smallest absolute Gasteiger partial charge is 0.321 e. The van der Waals surface area contributed by atoms with Crippen LogP contribution in [0.5, 0.6) is 0 Å². The van der Waals surface area contributed by atoms with E-state index in [1.54, 1.807) is 11.3 Å². The van der Waals surface area contributed by atoms with Crippen LogP contribution in [-0.2, 0) is 6.54 Å². The van der Waals surface area contributed by atoms with Gasteiger partial charge in [-0.15, -0.1) is 11.3 Å². The molecule has 6 heteroatoms. The number of nitrogens with one attached hydrogen (secondary N) is 1. The van der Waals surface area contributed by atoms with E-state index in [0.29, 0.717) is 0 Å². The summed E-state index contributed by atoms with van der Waals surface area (Å²) in [6, 6.07) is 18.1. The van der Waals surface area contributed by atoms with Crippen molar-refractivity contribution < 1.29 is 4.79 Å². The number of aryl methyl sites for hydroxylation is 1. The third kappa shape index (κ3) is 4.58. The molecule has 0 unspecified atom stereocenters. The molecule has 3 aromatic rings. The van der Waals surface area contributed by atoms with Crippen LogP contribution in [0, 0.1) is 6.92 Å². The van der Waals surface area contributed by atoms with E-state index < -0.39 is 0 Å². The van der Waals surface area contributed by atoms with E-state index in [1.165, 1.54) is 5.56 Å². The van der Waals surface area contributed by atoms with Crippen LogP contribution >= 0.6 is 11.3 Å². The lowest BCUT2D eigenvalue weighted by atomic mass is 10.2. The Bertz CT molecular complexity index is 915. The number of rotatable bonds is 4. The minimum Gasteiger partial charge on any atom is -0.322 e. The molecule has 4 rings (SSSR count). The zero-order valence-corrected chi connectivity index (χ0v) is 16.8. The number of carbonyl (C=O) groups is 1. The van der Waals surface area contributed by atoms with Crippen LogP contribution in [-0.4, -0.2) is 47.0 Å². The average molecular weight is 393 g/mol. The summed E-state index contributed by atoms with van der Waals surface area (Å²) in [5.41, 5.74) is 4.22. The SMILES string of the molecule is Cc1ccc(NC(=O)N2CCN(Cc3nc(-c4ccccc4)cs3)CC2)cc1. The van der Waals surface area contributed by atoms with Crippen molar-refractivity contribution in [2.24, 2.45) is 0 Å².